The molecule has 0 aliphatic carbocycles. The summed E-state index contributed by atoms with van der Waals surface area (Å²) in [7, 11) is 2.64. The number of methoxy groups -OCH3 is 2. The van der Waals surface area contributed by atoms with Gasteiger partial charge in [0.05, 0.1) is 14.2 Å². The lowest BCUT2D eigenvalue weighted by Gasteiger charge is -2.10. The molecule has 82 valence electrons. The van der Waals surface area contributed by atoms with Crippen LogP contribution in [0.5, 0.6) is 5.75 Å². The molecule has 3 nitrogen and oxygen atoms in total. The molecule has 0 saturated carbocycles. The van der Waals surface area contributed by atoms with E-state index in [9.17, 15) is 9.18 Å². The summed E-state index contributed by atoms with van der Waals surface area (Å²) in [6.07, 6.45) is 0. The van der Waals surface area contributed by atoms with E-state index < -0.39 is 11.8 Å². The molecule has 0 aliphatic heterocycles. The van der Waals surface area contributed by atoms with Gasteiger partial charge in [-0.3, -0.25) is 0 Å². The van der Waals surface area contributed by atoms with Crippen LogP contribution in [0.1, 0.15) is 15.9 Å². The number of esters is 1. The lowest BCUT2D eigenvalue weighted by atomic mass is 10.1. The summed E-state index contributed by atoms with van der Waals surface area (Å²) in [5.41, 5.74) is 0.164. The molecule has 1 aromatic rings. The van der Waals surface area contributed by atoms with Gasteiger partial charge in [-0.1, -0.05) is 0 Å². The van der Waals surface area contributed by atoms with Gasteiger partial charge in [0.25, 0.3) is 0 Å². The number of rotatable bonds is 2. The molecule has 1 aromatic carbocycles. The minimum atomic E-state index is -0.717. The maximum Gasteiger partial charge on any atom is 0.342 e. The molecule has 0 fully saturated rings. The third-order valence-electron chi connectivity index (χ3n) is 2.02. The SMILES string of the molecule is COC(=O)c1c(Br)cc(OC)c(C)c1F. The van der Waals surface area contributed by atoms with E-state index >= 15 is 0 Å². The van der Waals surface area contributed by atoms with Crippen molar-refractivity contribution in [2.24, 2.45) is 0 Å². The van der Waals surface area contributed by atoms with Crippen molar-refractivity contribution in [1.82, 2.24) is 0 Å². The summed E-state index contributed by atoms with van der Waals surface area (Å²) >= 11 is 3.09. The number of benzene rings is 1. The molecule has 0 saturated heterocycles. The first-order valence-electron chi connectivity index (χ1n) is 4.13. The number of carbonyl (C=O) groups is 1. The van der Waals surface area contributed by atoms with Crippen LogP contribution >= 0.6 is 15.9 Å². The van der Waals surface area contributed by atoms with Crippen molar-refractivity contribution >= 4 is 21.9 Å². The van der Waals surface area contributed by atoms with Gasteiger partial charge in [0.2, 0.25) is 0 Å². The topological polar surface area (TPSA) is 35.5 Å². The van der Waals surface area contributed by atoms with Crippen LogP contribution in [-0.4, -0.2) is 20.2 Å². The zero-order valence-electron chi connectivity index (χ0n) is 8.56. The minimum Gasteiger partial charge on any atom is -0.496 e. The Bertz CT molecular complexity index is 404. The van der Waals surface area contributed by atoms with E-state index in [-0.39, 0.29) is 11.1 Å². The van der Waals surface area contributed by atoms with Crippen LogP contribution in [0.4, 0.5) is 4.39 Å². The maximum atomic E-state index is 13.7. The lowest BCUT2D eigenvalue weighted by molar-refractivity contribution is 0.0594. The zero-order chi connectivity index (χ0) is 11.6. The first-order valence-corrected chi connectivity index (χ1v) is 4.93. The van der Waals surface area contributed by atoms with Gasteiger partial charge in [-0.2, -0.15) is 0 Å². The predicted octanol–water partition coefficient (Wildman–Crippen LogP) is 2.69. The third-order valence-corrected chi connectivity index (χ3v) is 2.65. The summed E-state index contributed by atoms with van der Waals surface area (Å²) in [5.74, 6) is -0.967. The molecular weight excluding hydrogens is 267 g/mol. The van der Waals surface area contributed by atoms with E-state index in [1.165, 1.54) is 27.2 Å². The summed E-state index contributed by atoms with van der Waals surface area (Å²) in [5, 5.41) is 0. The van der Waals surface area contributed by atoms with Gasteiger partial charge in [0.15, 0.2) is 0 Å². The van der Waals surface area contributed by atoms with Crippen LogP contribution in [-0.2, 0) is 4.74 Å². The van der Waals surface area contributed by atoms with Crippen molar-refractivity contribution in [3.05, 3.63) is 27.5 Å². The summed E-state index contributed by atoms with van der Waals surface area (Å²) in [4.78, 5) is 11.3. The summed E-state index contributed by atoms with van der Waals surface area (Å²) in [6, 6.07) is 1.53. The summed E-state index contributed by atoms with van der Waals surface area (Å²) in [6.45, 7) is 1.53. The number of ether oxygens (including phenoxy) is 2. The average Bonchev–Trinajstić information content (AvgIpc) is 2.23. The van der Waals surface area contributed by atoms with Crippen molar-refractivity contribution in [3.63, 3.8) is 0 Å². The van der Waals surface area contributed by atoms with E-state index in [1.807, 2.05) is 0 Å². The largest absolute Gasteiger partial charge is 0.496 e. The molecule has 0 N–H and O–H groups in total. The fourth-order valence-electron chi connectivity index (χ4n) is 1.20. The minimum absolute atomic E-state index is 0.115. The van der Waals surface area contributed by atoms with Gasteiger partial charge in [-0.15, -0.1) is 0 Å². The average molecular weight is 277 g/mol. The van der Waals surface area contributed by atoms with Gasteiger partial charge in [0.1, 0.15) is 17.1 Å². The highest BCUT2D eigenvalue weighted by Gasteiger charge is 2.21. The van der Waals surface area contributed by atoms with Gasteiger partial charge < -0.3 is 9.47 Å². The molecule has 0 bridgehead atoms. The Kier molecular flexibility index (Phi) is 3.68. The highest BCUT2D eigenvalue weighted by Crippen LogP contribution is 2.30. The van der Waals surface area contributed by atoms with E-state index in [0.29, 0.717) is 10.2 Å². The second-order valence-electron chi connectivity index (χ2n) is 2.87. The molecule has 5 heteroatoms. The van der Waals surface area contributed by atoms with Crippen molar-refractivity contribution in [1.29, 1.82) is 0 Å². The van der Waals surface area contributed by atoms with Gasteiger partial charge in [-0.25, -0.2) is 9.18 Å². The molecular formula is C10H10BrFO3. The van der Waals surface area contributed by atoms with Crippen molar-refractivity contribution in [3.8, 4) is 5.75 Å². The van der Waals surface area contributed by atoms with Crippen molar-refractivity contribution in [2.45, 2.75) is 6.92 Å². The molecule has 0 unspecified atom stereocenters. The van der Waals surface area contributed by atoms with Crippen LogP contribution in [0, 0.1) is 12.7 Å². The predicted molar refractivity (Wildman–Crippen MR) is 56.7 cm³/mol. The number of carbonyl (C=O) groups excluding carboxylic acids is 1. The fourth-order valence-corrected chi connectivity index (χ4v) is 1.74. The molecule has 0 aromatic heterocycles. The molecule has 0 radical (unpaired) electrons. The Balaban J connectivity index is 3.42. The van der Waals surface area contributed by atoms with E-state index in [4.69, 9.17) is 4.74 Å². The van der Waals surface area contributed by atoms with Crippen molar-refractivity contribution < 1.29 is 18.7 Å². The lowest BCUT2D eigenvalue weighted by Crippen LogP contribution is -2.08. The summed E-state index contributed by atoms with van der Waals surface area (Å²) < 4.78 is 23.5. The molecule has 15 heavy (non-hydrogen) atoms. The Hall–Kier alpha value is -1.10. The Morgan fingerprint density at radius 3 is 2.53 bits per heavy atom. The van der Waals surface area contributed by atoms with Crippen molar-refractivity contribution in [2.75, 3.05) is 14.2 Å². The molecule has 0 amide bonds. The van der Waals surface area contributed by atoms with Crippen LogP contribution < -0.4 is 4.74 Å². The normalized spacial score (nSPS) is 9.93. The quantitative estimate of drug-likeness (QED) is 0.780. The fraction of sp³-hybridized carbons (Fsp3) is 0.300. The first-order chi connectivity index (χ1) is 7.02. The van der Waals surface area contributed by atoms with E-state index in [2.05, 4.69) is 20.7 Å². The standard InChI is InChI=1S/C10H10BrFO3/c1-5-7(14-2)4-6(11)8(9(5)12)10(13)15-3/h4H,1-3H3. The number of hydrogen-bond acceptors (Lipinski definition) is 3. The number of halogens is 2. The van der Waals surface area contributed by atoms with E-state index in [1.54, 1.807) is 0 Å². The Morgan fingerprint density at radius 2 is 2.07 bits per heavy atom. The van der Waals surface area contributed by atoms with Gasteiger partial charge in [0, 0.05) is 10.0 Å². The van der Waals surface area contributed by atoms with Gasteiger partial charge >= 0.3 is 5.97 Å². The molecule has 0 heterocycles. The molecule has 0 atom stereocenters. The third kappa shape index (κ3) is 2.12. The molecule has 0 spiro atoms. The highest BCUT2D eigenvalue weighted by molar-refractivity contribution is 9.10. The van der Waals surface area contributed by atoms with Crippen LogP contribution in [0.25, 0.3) is 0 Å². The molecule has 1 rings (SSSR count). The zero-order valence-corrected chi connectivity index (χ0v) is 10.1. The number of hydrogen-bond donors (Lipinski definition) is 0. The maximum absolute atomic E-state index is 13.7. The molecule has 0 aliphatic rings. The van der Waals surface area contributed by atoms with Crippen LogP contribution in [0.15, 0.2) is 10.5 Å². The second kappa shape index (κ2) is 4.61. The second-order valence-corrected chi connectivity index (χ2v) is 3.72. The van der Waals surface area contributed by atoms with E-state index in [0.717, 1.165) is 0 Å². The Morgan fingerprint density at radius 1 is 1.47 bits per heavy atom. The monoisotopic (exact) mass is 276 g/mol. The highest BCUT2D eigenvalue weighted by atomic mass is 79.9. The van der Waals surface area contributed by atoms with Gasteiger partial charge in [-0.05, 0) is 28.9 Å². The Labute approximate surface area is 95.3 Å². The van der Waals surface area contributed by atoms with Crippen LogP contribution in [0.3, 0.4) is 0 Å². The first kappa shape index (κ1) is 12.0. The smallest absolute Gasteiger partial charge is 0.342 e. The van der Waals surface area contributed by atoms with Crippen LogP contribution in [0.2, 0.25) is 0 Å².